The van der Waals surface area contributed by atoms with Gasteiger partial charge < -0.3 is 10.1 Å². The largest absolute Gasteiger partial charge is 0.496 e. The molecule has 0 bridgehead atoms. The van der Waals surface area contributed by atoms with Gasteiger partial charge in [0.2, 0.25) is 0 Å². The third-order valence-electron chi connectivity index (χ3n) is 5.38. The highest BCUT2D eigenvalue weighted by molar-refractivity contribution is 7.90. The summed E-state index contributed by atoms with van der Waals surface area (Å²) in [4.78, 5) is 5.06. The number of nitrogens with one attached hydrogen (secondary N) is 1. The average molecular weight is 419 g/mol. The van der Waals surface area contributed by atoms with Crippen LogP contribution in [0, 0.1) is 0 Å². The Kier molecular flexibility index (Phi) is 5.10. The first-order chi connectivity index (χ1) is 13.3. The molecule has 1 aromatic heterocycles. The van der Waals surface area contributed by atoms with Crippen molar-refractivity contribution in [3.63, 3.8) is 0 Å². The Bertz CT molecular complexity index is 1060. The third-order valence-corrected chi connectivity index (χ3v) is 6.84. The van der Waals surface area contributed by atoms with Crippen molar-refractivity contribution in [2.24, 2.45) is 0 Å². The van der Waals surface area contributed by atoms with E-state index in [1.54, 1.807) is 25.3 Å². The summed E-state index contributed by atoms with van der Waals surface area (Å²) in [7, 11) is -1.73. The molecule has 1 fully saturated rings. The van der Waals surface area contributed by atoms with Gasteiger partial charge in [-0.15, -0.1) is 0 Å². The molecule has 0 saturated heterocycles. The molecule has 148 valence electrons. The standard InChI is InChI=1S/C21H23ClN2O3S/c1-27-20-12-16(28(2,25)26)7-6-13(20)10-15-11-19(23-14-4-3-5-14)21-17(22)8-9-18(21)24-15/h6-8,11-12,14H,3-5,9-10H2,1-2H3,(H,23,24). The van der Waals surface area contributed by atoms with Crippen LogP contribution in [0.5, 0.6) is 5.75 Å². The SMILES string of the molecule is COc1cc(S(C)(=O)=O)ccc1Cc1cc(NC2CCC2)c2c(n1)CC=C2Cl. The smallest absolute Gasteiger partial charge is 0.175 e. The minimum atomic E-state index is -3.28. The second-order valence-corrected chi connectivity index (χ2v) is 9.86. The van der Waals surface area contributed by atoms with Crippen molar-refractivity contribution >= 4 is 32.2 Å². The van der Waals surface area contributed by atoms with Gasteiger partial charge in [0.1, 0.15) is 5.75 Å². The van der Waals surface area contributed by atoms with Crippen LogP contribution in [0.4, 0.5) is 5.69 Å². The molecule has 1 heterocycles. The number of ether oxygens (including phenoxy) is 1. The monoisotopic (exact) mass is 418 g/mol. The van der Waals surface area contributed by atoms with Crippen LogP contribution in [0.15, 0.2) is 35.2 Å². The van der Waals surface area contributed by atoms with Crippen molar-refractivity contribution in [3.8, 4) is 5.75 Å². The lowest BCUT2D eigenvalue weighted by Gasteiger charge is -2.29. The maximum Gasteiger partial charge on any atom is 0.175 e. The highest BCUT2D eigenvalue weighted by atomic mass is 35.5. The predicted molar refractivity (Wildman–Crippen MR) is 112 cm³/mol. The molecule has 0 amide bonds. The van der Waals surface area contributed by atoms with Crippen molar-refractivity contribution in [2.75, 3.05) is 18.7 Å². The molecule has 1 N–H and O–H groups in total. The fourth-order valence-corrected chi connectivity index (χ4v) is 4.56. The van der Waals surface area contributed by atoms with Gasteiger partial charge in [-0.2, -0.15) is 0 Å². The fourth-order valence-electron chi connectivity index (χ4n) is 3.63. The summed E-state index contributed by atoms with van der Waals surface area (Å²) in [6, 6.07) is 7.54. The van der Waals surface area contributed by atoms with Gasteiger partial charge in [0, 0.05) is 52.7 Å². The Hall–Kier alpha value is -2.05. The van der Waals surface area contributed by atoms with E-state index in [4.69, 9.17) is 21.3 Å². The van der Waals surface area contributed by atoms with E-state index in [1.165, 1.54) is 25.5 Å². The van der Waals surface area contributed by atoms with Crippen LogP contribution >= 0.6 is 11.6 Å². The fraction of sp³-hybridized carbons (Fsp3) is 0.381. The zero-order valence-corrected chi connectivity index (χ0v) is 17.5. The lowest BCUT2D eigenvalue weighted by Crippen LogP contribution is -2.27. The first-order valence-electron chi connectivity index (χ1n) is 9.37. The molecule has 4 rings (SSSR count). The number of halogens is 1. The van der Waals surface area contributed by atoms with Crippen molar-refractivity contribution < 1.29 is 13.2 Å². The van der Waals surface area contributed by atoms with E-state index in [2.05, 4.69) is 11.4 Å². The minimum Gasteiger partial charge on any atom is -0.496 e. The van der Waals surface area contributed by atoms with Crippen molar-refractivity contribution in [1.82, 2.24) is 4.98 Å². The summed E-state index contributed by atoms with van der Waals surface area (Å²) in [5.74, 6) is 0.551. The molecule has 0 spiro atoms. The Morgan fingerprint density at radius 2 is 2.07 bits per heavy atom. The molecule has 2 aromatic rings. The van der Waals surface area contributed by atoms with Gasteiger partial charge in [-0.1, -0.05) is 23.7 Å². The van der Waals surface area contributed by atoms with E-state index >= 15 is 0 Å². The van der Waals surface area contributed by atoms with Crippen molar-refractivity contribution in [3.05, 3.63) is 52.9 Å². The van der Waals surface area contributed by atoms with Crippen LogP contribution in [0.25, 0.3) is 5.03 Å². The number of allylic oxidation sites excluding steroid dienone is 1. The van der Waals surface area contributed by atoms with Gasteiger partial charge in [-0.05, 0) is 37.5 Å². The van der Waals surface area contributed by atoms with E-state index in [0.717, 1.165) is 39.7 Å². The number of sulfone groups is 1. The van der Waals surface area contributed by atoms with Gasteiger partial charge >= 0.3 is 0 Å². The molecule has 1 saturated carbocycles. The van der Waals surface area contributed by atoms with Gasteiger partial charge in [-0.3, -0.25) is 4.98 Å². The predicted octanol–water partition coefficient (Wildman–Crippen LogP) is 4.18. The number of anilines is 1. The number of nitrogens with zero attached hydrogens (tertiary/aromatic N) is 1. The lowest BCUT2D eigenvalue weighted by molar-refractivity contribution is 0.409. The minimum absolute atomic E-state index is 0.248. The molecule has 2 aliphatic carbocycles. The lowest BCUT2D eigenvalue weighted by atomic mass is 9.92. The van der Waals surface area contributed by atoms with Crippen molar-refractivity contribution in [1.29, 1.82) is 0 Å². The first-order valence-corrected chi connectivity index (χ1v) is 11.6. The molecule has 0 unspecified atom stereocenters. The van der Waals surface area contributed by atoms with E-state index in [9.17, 15) is 8.42 Å². The maximum absolute atomic E-state index is 11.8. The molecular weight excluding hydrogens is 396 g/mol. The summed E-state index contributed by atoms with van der Waals surface area (Å²) >= 11 is 6.42. The van der Waals surface area contributed by atoms with Gasteiger partial charge in [0.25, 0.3) is 0 Å². The Labute approximate surface area is 170 Å². The molecule has 5 nitrogen and oxygen atoms in total. The highest BCUT2D eigenvalue weighted by Crippen LogP contribution is 2.38. The van der Waals surface area contributed by atoms with Gasteiger partial charge in [0.05, 0.1) is 17.7 Å². The van der Waals surface area contributed by atoms with E-state index in [1.807, 2.05) is 6.08 Å². The Balaban J connectivity index is 1.68. The van der Waals surface area contributed by atoms with Crippen LogP contribution in [0.2, 0.25) is 0 Å². The third kappa shape index (κ3) is 3.76. The zero-order chi connectivity index (χ0) is 19.9. The number of fused-ring (bicyclic) bond motifs is 1. The number of rotatable bonds is 6. The van der Waals surface area contributed by atoms with Crippen LogP contribution in [0.1, 0.15) is 41.8 Å². The molecule has 2 aliphatic rings. The number of hydrogen-bond donors (Lipinski definition) is 1. The number of benzene rings is 1. The first kappa shape index (κ1) is 19.3. The van der Waals surface area contributed by atoms with Crippen LogP contribution in [-0.2, 0) is 22.7 Å². The van der Waals surface area contributed by atoms with Crippen molar-refractivity contribution in [2.45, 2.75) is 43.0 Å². The molecule has 0 radical (unpaired) electrons. The molecular formula is C21H23ClN2O3S. The number of aromatic nitrogens is 1. The molecule has 0 atom stereocenters. The summed E-state index contributed by atoms with van der Waals surface area (Å²) in [5, 5.41) is 4.37. The maximum atomic E-state index is 11.8. The normalized spacial score (nSPS) is 16.3. The molecule has 28 heavy (non-hydrogen) atoms. The zero-order valence-electron chi connectivity index (χ0n) is 16.0. The second kappa shape index (κ2) is 7.41. The molecule has 1 aromatic carbocycles. The van der Waals surface area contributed by atoms with Gasteiger partial charge in [0.15, 0.2) is 9.84 Å². The summed E-state index contributed by atoms with van der Waals surface area (Å²) in [6.07, 6.45) is 8.08. The number of pyridine rings is 1. The summed E-state index contributed by atoms with van der Waals surface area (Å²) < 4.78 is 29.1. The second-order valence-electron chi connectivity index (χ2n) is 7.43. The van der Waals surface area contributed by atoms with E-state index in [-0.39, 0.29) is 4.90 Å². The summed E-state index contributed by atoms with van der Waals surface area (Å²) in [5.41, 5.74) is 4.84. The van der Waals surface area contributed by atoms with E-state index < -0.39 is 9.84 Å². The molecule has 7 heteroatoms. The van der Waals surface area contributed by atoms with Crippen LogP contribution in [0.3, 0.4) is 0 Å². The van der Waals surface area contributed by atoms with E-state index in [0.29, 0.717) is 18.2 Å². The van der Waals surface area contributed by atoms with Crippen LogP contribution < -0.4 is 10.1 Å². The topological polar surface area (TPSA) is 68.3 Å². The number of hydrogen-bond acceptors (Lipinski definition) is 5. The summed E-state index contributed by atoms with van der Waals surface area (Å²) in [6.45, 7) is 0. The number of methoxy groups -OCH3 is 1. The van der Waals surface area contributed by atoms with Crippen LogP contribution in [-0.4, -0.2) is 32.8 Å². The average Bonchev–Trinajstić information content (AvgIpc) is 2.98. The highest BCUT2D eigenvalue weighted by Gasteiger charge is 2.24. The molecule has 0 aliphatic heterocycles. The quantitative estimate of drug-likeness (QED) is 0.761. The Morgan fingerprint density at radius 3 is 2.71 bits per heavy atom. The van der Waals surface area contributed by atoms with Gasteiger partial charge in [-0.25, -0.2) is 8.42 Å². The Morgan fingerprint density at radius 1 is 1.29 bits per heavy atom.